The standard InChI is InChI=1S/C9H21NSi2/c1-9(2,3)8-10-12(6,7)11(8,4)5/h1-7H3. The second kappa shape index (κ2) is 2.32. The zero-order valence-corrected chi connectivity index (χ0v) is 11.4. The van der Waals surface area contributed by atoms with Crippen LogP contribution in [0.15, 0.2) is 4.66 Å². The second-order valence-corrected chi connectivity index (χ2v) is 20.4. The first-order chi connectivity index (χ1) is 5.09. The summed E-state index contributed by atoms with van der Waals surface area (Å²) in [4.78, 5) is 0. The molecule has 0 aromatic heterocycles. The lowest BCUT2D eigenvalue weighted by molar-refractivity contribution is 0.597. The molecule has 0 spiro atoms. The summed E-state index contributed by atoms with van der Waals surface area (Å²) in [6.45, 7) is 16.7. The van der Waals surface area contributed by atoms with Crippen LogP contribution in [0, 0.1) is 5.41 Å². The Labute approximate surface area is 78.2 Å². The van der Waals surface area contributed by atoms with Crippen LogP contribution in [0.4, 0.5) is 0 Å². The molecule has 1 aliphatic heterocycles. The molecule has 1 rings (SSSR count). The van der Waals surface area contributed by atoms with E-state index in [1.807, 2.05) is 0 Å². The van der Waals surface area contributed by atoms with Gasteiger partial charge in [-0.3, -0.25) is 0 Å². The predicted octanol–water partition coefficient (Wildman–Crippen LogP) is 3.02. The Kier molecular flexibility index (Phi) is 1.97. The highest BCUT2D eigenvalue weighted by molar-refractivity contribution is 7.56. The fourth-order valence-electron chi connectivity index (χ4n) is 1.90. The summed E-state index contributed by atoms with van der Waals surface area (Å²) in [5, 5.41) is 1.56. The molecule has 0 aromatic carbocycles. The van der Waals surface area contributed by atoms with Crippen molar-refractivity contribution in [2.45, 2.75) is 47.0 Å². The first-order valence-electron chi connectivity index (χ1n) is 4.70. The van der Waals surface area contributed by atoms with Crippen molar-refractivity contribution >= 4 is 20.7 Å². The minimum absolute atomic E-state index is 0.332. The summed E-state index contributed by atoms with van der Waals surface area (Å²) >= 11 is 0. The quantitative estimate of drug-likeness (QED) is 0.532. The molecule has 12 heavy (non-hydrogen) atoms. The van der Waals surface area contributed by atoms with Crippen LogP contribution in [0.25, 0.3) is 0 Å². The molecular formula is C9H21NSi2. The van der Waals surface area contributed by atoms with Crippen LogP contribution in [-0.2, 0) is 0 Å². The van der Waals surface area contributed by atoms with Crippen molar-refractivity contribution in [1.82, 2.24) is 0 Å². The number of hydrogen-bond donors (Lipinski definition) is 0. The second-order valence-electron chi connectivity index (χ2n) is 5.89. The maximum absolute atomic E-state index is 4.90. The third-order valence-electron chi connectivity index (χ3n) is 3.22. The SMILES string of the molecule is CC(C)(C)C1=N[Si](C)(C)[Si]1(C)C. The van der Waals surface area contributed by atoms with Crippen LogP contribution in [0.3, 0.4) is 0 Å². The van der Waals surface area contributed by atoms with E-state index in [1.54, 1.807) is 5.33 Å². The van der Waals surface area contributed by atoms with E-state index in [-0.39, 0.29) is 0 Å². The molecule has 0 radical (unpaired) electrons. The normalized spacial score (nSPS) is 26.1. The molecule has 3 heteroatoms. The predicted molar refractivity (Wildman–Crippen MR) is 61.9 cm³/mol. The van der Waals surface area contributed by atoms with Gasteiger partial charge >= 0.3 is 0 Å². The van der Waals surface area contributed by atoms with Gasteiger partial charge in [0, 0.05) is 0 Å². The molecule has 0 aliphatic carbocycles. The summed E-state index contributed by atoms with van der Waals surface area (Å²) in [6.07, 6.45) is 0. The molecule has 0 unspecified atom stereocenters. The van der Waals surface area contributed by atoms with E-state index in [0.717, 1.165) is 0 Å². The lowest BCUT2D eigenvalue weighted by Crippen LogP contribution is -2.71. The summed E-state index contributed by atoms with van der Waals surface area (Å²) in [6, 6.07) is 0. The largest absolute Gasteiger partial charge is 0.337 e. The fraction of sp³-hybridized carbons (Fsp3) is 0.889. The van der Waals surface area contributed by atoms with Crippen molar-refractivity contribution in [1.29, 1.82) is 0 Å². The average Bonchev–Trinajstić information content (AvgIpc) is 1.81. The summed E-state index contributed by atoms with van der Waals surface area (Å²) < 4.78 is 4.90. The smallest absolute Gasteiger partial charge is 0.170 e. The number of hydrogen-bond acceptors (Lipinski definition) is 1. The van der Waals surface area contributed by atoms with Crippen LogP contribution in [0.1, 0.15) is 20.8 Å². The van der Waals surface area contributed by atoms with Crippen molar-refractivity contribution in [3.63, 3.8) is 0 Å². The van der Waals surface area contributed by atoms with Crippen molar-refractivity contribution in [2.75, 3.05) is 0 Å². The van der Waals surface area contributed by atoms with E-state index in [4.69, 9.17) is 4.66 Å². The topological polar surface area (TPSA) is 12.4 Å². The third kappa shape index (κ3) is 1.23. The van der Waals surface area contributed by atoms with Gasteiger partial charge in [-0.2, -0.15) is 0 Å². The molecule has 0 amide bonds. The molecule has 0 atom stereocenters. The lowest BCUT2D eigenvalue weighted by Gasteiger charge is -2.50. The highest BCUT2D eigenvalue weighted by Crippen LogP contribution is 2.38. The summed E-state index contributed by atoms with van der Waals surface area (Å²) in [5.74, 6) is 0. The Morgan fingerprint density at radius 1 is 1.00 bits per heavy atom. The molecular weight excluding hydrogens is 178 g/mol. The zero-order chi connectivity index (χ0) is 9.78. The van der Waals surface area contributed by atoms with Gasteiger partial charge in [0.05, 0.1) is 0 Å². The maximum atomic E-state index is 4.90. The van der Waals surface area contributed by atoms with Crippen molar-refractivity contribution in [3.05, 3.63) is 0 Å². The summed E-state index contributed by atoms with van der Waals surface area (Å²) in [7, 11) is -2.18. The van der Waals surface area contributed by atoms with Gasteiger partial charge in [-0.15, -0.1) is 0 Å². The number of rotatable bonds is 0. The van der Waals surface area contributed by atoms with Crippen molar-refractivity contribution in [2.24, 2.45) is 10.1 Å². The van der Waals surface area contributed by atoms with Gasteiger partial charge in [0.15, 0.2) is 7.75 Å². The van der Waals surface area contributed by atoms with Gasteiger partial charge in [0.1, 0.15) is 7.59 Å². The van der Waals surface area contributed by atoms with Gasteiger partial charge in [-0.1, -0.05) is 47.0 Å². The Balaban J connectivity index is 3.02. The molecule has 0 saturated carbocycles. The molecule has 1 heterocycles. The molecule has 0 fully saturated rings. The Hall–Kier alpha value is 0.104. The average molecular weight is 199 g/mol. The van der Waals surface area contributed by atoms with E-state index in [1.165, 1.54) is 0 Å². The van der Waals surface area contributed by atoms with E-state index in [0.29, 0.717) is 5.41 Å². The van der Waals surface area contributed by atoms with Gasteiger partial charge in [-0.25, -0.2) is 0 Å². The molecule has 0 N–H and O–H groups in total. The maximum Gasteiger partial charge on any atom is 0.170 e. The number of nitrogens with zero attached hydrogens (tertiary/aromatic N) is 1. The molecule has 0 aromatic rings. The van der Waals surface area contributed by atoms with Crippen molar-refractivity contribution in [3.8, 4) is 0 Å². The third-order valence-corrected chi connectivity index (χ3v) is 19.6. The molecule has 70 valence electrons. The van der Waals surface area contributed by atoms with E-state index >= 15 is 0 Å². The van der Waals surface area contributed by atoms with E-state index < -0.39 is 15.3 Å². The summed E-state index contributed by atoms with van der Waals surface area (Å²) in [5.41, 5.74) is 0.332. The lowest BCUT2D eigenvalue weighted by atomic mass is 9.99. The van der Waals surface area contributed by atoms with Crippen LogP contribution < -0.4 is 0 Å². The van der Waals surface area contributed by atoms with E-state index in [2.05, 4.69) is 47.0 Å². The highest BCUT2D eigenvalue weighted by atomic mass is 29.3. The highest BCUT2D eigenvalue weighted by Gasteiger charge is 2.56. The van der Waals surface area contributed by atoms with Gasteiger partial charge in [0.25, 0.3) is 0 Å². The molecule has 0 saturated heterocycles. The first kappa shape index (κ1) is 10.2. The Morgan fingerprint density at radius 2 is 1.42 bits per heavy atom. The van der Waals surface area contributed by atoms with Crippen LogP contribution in [0.2, 0.25) is 26.2 Å². The van der Waals surface area contributed by atoms with Crippen LogP contribution in [-0.4, -0.2) is 20.7 Å². The van der Waals surface area contributed by atoms with Crippen LogP contribution in [0.5, 0.6) is 0 Å². The Bertz CT molecular complexity index is 233. The minimum atomic E-state index is -1.12. The van der Waals surface area contributed by atoms with Gasteiger partial charge in [-0.05, 0) is 10.7 Å². The van der Waals surface area contributed by atoms with E-state index in [9.17, 15) is 0 Å². The van der Waals surface area contributed by atoms with Gasteiger partial charge in [0.2, 0.25) is 0 Å². The monoisotopic (exact) mass is 199 g/mol. The Morgan fingerprint density at radius 3 is 1.50 bits per heavy atom. The van der Waals surface area contributed by atoms with Crippen molar-refractivity contribution < 1.29 is 0 Å². The first-order valence-corrected chi connectivity index (χ1v) is 11.6. The zero-order valence-electron chi connectivity index (χ0n) is 9.45. The molecule has 1 nitrogen and oxygen atoms in total. The molecule has 0 bridgehead atoms. The molecule has 1 aliphatic rings. The fourth-order valence-corrected chi connectivity index (χ4v) is 10.9. The minimum Gasteiger partial charge on any atom is -0.337 e. The van der Waals surface area contributed by atoms with Crippen LogP contribution >= 0.6 is 0 Å². The van der Waals surface area contributed by atoms with Gasteiger partial charge < -0.3 is 4.66 Å².